The fourth-order valence-electron chi connectivity index (χ4n) is 5.34. The molecule has 2 aromatic rings. The molecule has 2 amide bonds. The summed E-state index contributed by atoms with van der Waals surface area (Å²) in [5, 5.41) is 15.1. The molecule has 182 valence electrons. The van der Waals surface area contributed by atoms with Crippen molar-refractivity contribution in [2.45, 2.75) is 56.5 Å². The van der Waals surface area contributed by atoms with E-state index in [1.165, 1.54) is 0 Å². The van der Waals surface area contributed by atoms with Gasteiger partial charge >= 0.3 is 12.1 Å². The second-order valence-electron chi connectivity index (χ2n) is 9.51. The number of rotatable bonds is 7. The Morgan fingerprint density at radius 3 is 2.34 bits per heavy atom. The Morgan fingerprint density at radius 2 is 1.77 bits per heavy atom. The van der Waals surface area contributed by atoms with Crippen molar-refractivity contribution in [3.8, 4) is 23.5 Å². The Hall–Kier alpha value is -3.79. The minimum Gasteiger partial charge on any atom is -0.480 e. The molecule has 0 aromatic heterocycles. The number of benzene rings is 2. The Balaban J connectivity index is 1.42. The molecule has 3 N–H and O–H groups in total. The Bertz CT molecular complexity index is 1120. The molecule has 1 saturated carbocycles. The van der Waals surface area contributed by atoms with Gasteiger partial charge in [-0.25, -0.2) is 9.59 Å². The van der Waals surface area contributed by atoms with Gasteiger partial charge in [-0.2, -0.15) is 0 Å². The number of nitrogens with one attached hydrogen (secondary N) is 2. The van der Waals surface area contributed by atoms with Gasteiger partial charge in [0.25, 0.3) is 0 Å². The van der Waals surface area contributed by atoms with E-state index in [0.29, 0.717) is 19.3 Å². The molecule has 0 saturated heterocycles. The van der Waals surface area contributed by atoms with Crippen LogP contribution in [-0.2, 0) is 14.3 Å². The van der Waals surface area contributed by atoms with Crippen molar-refractivity contribution in [1.29, 1.82) is 0 Å². The van der Waals surface area contributed by atoms with Crippen LogP contribution in [0.15, 0.2) is 48.5 Å². The summed E-state index contributed by atoms with van der Waals surface area (Å²) < 4.78 is 5.53. The average molecular weight is 475 g/mol. The number of amides is 2. The van der Waals surface area contributed by atoms with Gasteiger partial charge in [-0.15, -0.1) is 12.3 Å². The number of ether oxygens (including phenoxy) is 1. The van der Waals surface area contributed by atoms with Crippen LogP contribution in [0.4, 0.5) is 4.79 Å². The summed E-state index contributed by atoms with van der Waals surface area (Å²) in [6, 6.07) is 14.9. The third kappa shape index (κ3) is 5.02. The first-order chi connectivity index (χ1) is 16.8. The summed E-state index contributed by atoms with van der Waals surface area (Å²) in [4.78, 5) is 37.7. The summed E-state index contributed by atoms with van der Waals surface area (Å²) in [6.07, 6.45) is 6.87. The highest BCUT2D eigenvalue weighted by atomic mass is 16.5. The van der Waals surface area contributed by atoms with Crippen LogP contribution in [0.25, 0.3) is 11.1 Å². The maximum atomic E-state index is 13.0. The van der Waals surface area contributed by atoms with Crippen molar-refractivity contribution in [2.75, 3.05) is 6.61 Å². The molecule has 0 spiro atoms. The van der Waals surface area contributed by atoms with Gasteiger partial charge in [0.2, 0.25) is 5.91 Å². The van der Waals surface area contributed by atoms with E-state index in [9.17, 15) is 19.5 Å². The van der Waals surface area contributed by atoms with Crippen LogP contribution >= 0.6 is 0 Å². The monoisotopic (exact) mass is 474 g/mol. The fraction of sp³-hybridized carbons (Fsp3) is 0.393. The molecule has 7 nitrogen and oxygen atoms in total. The lowest BCUT2D eigenvalue weighted by atomic mass is 9.76. The van der Waals surface area contributed by atoms with Crippen molar-refractivity contribution in [1.82, 2.24) is 10.6 Å². The van der Waals surface area contributed by atoms with Gasteiger partial charge in [0.1, 0.15) is 18.2 Å². The molecular formula is C28H30N2O5. The lowest BCUT2D eigenvalue weighted by Gasteiger charge is -2.37. The summed E-state index contributed by atoms with van der Waals surface area (Å²) in [5.41, 5.74) is 3.03. The van der Waals surface area contributed by atoms with E-state index in [4.69, 9.17) is 11.2 Å². The maximum Gasteiger partial charge on any atom is 0.407 e. The molecule has 35 heavy (non-hydrogen) atoms. The van der Waals surface area contributed by atoms with E-state index in [1.54, 1.807) is 0 Å². The fourth-order valence-corrected chi connectivity index (χ4v) is 5.34. The molecule has 4 rings (SSSR count). The van der Waals surface area contributed by atoms with Crippen molar-refractivity contribution in [3.05, 3.63) is 59.7 Å². The molecule has 0 aliphatic heterocycles. The van der Waals surface area contributed by atoms with E-state index in [-0.39, 0.29) is 24.9 Å². The van der Waals surface area contributed by atoms with Crippen LogP contribution in [0.5, 0.6) is 0 Å². The van der Waals surface area contributed by atoms with Crippen LogP contribution in [0.1, 0.15) is 56.1 Å². The molecule has 0 heterocycles. The van der Waals surface area contributed by atoms with Crippen LogP contribution < -0.4 is 10.6 Å². The van der Waals surface area contributed by atoms with Crippen LogP contribution in [0, 0.1) is 18.3 Å². The summed E-state index contributed by atoms with van der Waals surface area (Å²) in [7, 11) is 0. The number of fused-ring (bicyclic) bond motifs is 3. The van der Waals surface area contributed by atoms with Crippen LogP contribution in [0.2, 0.25) is 0 Å². The molecule has 7 heteroatoms. The van der Waals surface area contributed by atoms with Crippen molar-refractivity contribution in [3.63, 3.8) is 0 Å². The highest BCUT2D eigenvalue weighted by molar-refractivity contribution is 5.91. The zero-order chi connectivity index (χ0) is 25.0. The molecule has 1 fully saturated rings. The number of carbonyl (C=O) groups excluding carboxylic acids is 2. The van der Waals surface area contributed by atoms with E-state index < -0.39 is 29.6 Å². The second-order valence-corrected chi connectivity index (χ2v) is 9.51. The van der Waals surface area contributed by atoms with Crippen LogP contribution in [0.3, 0.4) is 0 Å². The van der Waals surface area contributed by atoms with Gasteiger partial charge in [0.15, 0.2) is 0 Å². The molecule has 2 aliphatic carbocycles. The summed E-state index contributed by atoms with van der Waals surface area (Å²) >= 11 is 0. The number of alkyl carbamates (subject to hydrolysis) is 1. The first-order valence-corrected chi connectivity index (χ1v) is 11.9. The standard InChI is InChI=1S/C28H30N2O5/c1-3-9-24(25(31)30-28(26(32)33)15-8-10-18(2)16-28)29-27(34)35-17-23-21-13-6-4-11-19(21)20-12-5-7-14-22(20)23/h1,4-7,11-14,18,23-24H,8-10,15-17H2,2H3,(H,29,34)(H,30,31)(H,32,33). The van der Waals surface area contributed by atoms with E-state index in [2.05, 4.69) is 16.6 Å². The van der Waals surface area contributed by atoms with Crippen molar-refractivity contribution in [2.24, 2.45) is 5.92 Å². The van der Waals surface area contributed by atoms with Gasteiger partial charge in [0, 0.05) is 12.3 Å². The van der Waals surface area contributed by atoms with Gasteiger partial charge in [-0.1, -0.05) is 68.3 Å². The number of hydrogen-bond acceptors (Lipinski definition) is 4. The predicted octanol–water partition coefficient (Wildman–Crippen LogP) is 4.07. The molecule has 2 aromatic carbocycles. The molecule has 0 bridgehead atoms. The first-order valence-electron chi connectivity index (χ1n) is 11.9. The number of hydrogen-bond donors (Lipinski definition) is 3. The zero-order valence-corrected chi connectivity index (χ0v) is 19.8. The Kier molecular flexibility index (Phi) is 7.11. The largest absolute Gasteiger partial charge is 0.480 e. The minimum atomic E-state index is -1.36. The summed E-state index contributed by atoms with van der Waals surface area (Å²) in [6.45, 7) is 2.07. The normalized spacial score (nSPS) is 21.7. The molecule has 2 aliphatic rings. The van der Waals surface area contributed by atoms with Crippen molar-refractivity contribution < 1.29 is 24.2 Å². The second kappa shape index (κ2) is 10.2. The van der Waals surface area contributed by atoms with Gasteiger partial charge < -0.3 is 20.5 Å². The highest BCUT2D eigenvalue weighted by Gasteiger charge is 2.44. The SMILES string of the molecule is C#CCC(NC(=O)OCC1c2ccccc2-c2ccccc21)C(=O)NC1(C(=O)O)CCCC(C)C1. The van der Waals surface area contributed by atoms with E-state index >= 15 is 0 Å². The maximum absolute atomic E-state index is 13.0. The molecule has 3 atom stereocenters. The smallest absolute Gasteiger partial charge is 0.407 e. The first kappa shape index (κ1) is 24.3. The minimum absolute atomic E-state index is 0.0821. The van der Waals surface area contributed by atoms with Gasteiger partial charge in [0.05, 0.1) is 0 Å². The van der Waals surface area contributed by atoms with Crippen molar-refractivity contribution >= 4 is 18.0 Å². The quantitative estimate of drug-likeness (QED) is 0.525. The molecule has 3 unspecified atom stereocenters. The topological polar surface area (TPSA) is 105 Å². The third-order valence-corrected chi connectivity index (χ3v) is 7.04. The average Bonchev–Trinajstić information content (AvgIpc) is 3.16. The number of carboxylic acids is 1. The molecular weight excluding hydrogens is 444 g/mol. The molecule has 0 radical (unpaired) electrons. The third-order valence-electron chi connectivity index (χ3n) is 7.04. The van der Waals surface area contributed by atoms with Gasteiger partial charge in [-0.05, 0) is 41.0 Å². The van der Waals surface area contributed by atoms with E-state index in [1.807, 2.05) is 55.5 Å². The lowest BCUT2D eigenvalue weighted by Crippen LogP contribution is -2.60. The number of carbonyl (C=O) groups is 3. The summed E-state index contributed by atoms with van der Waals surface area (Å²) in [5.74, 6) is 0.747. The predicted molar refractivity (Wildman–Crippen MR) is 132 cm³/mol. The Labute approximate surface area is 205 Å². The highest BCUT2D eigenvalue weighted by Crippen LogP contribution is 2.44. The lowest BCUT2D eigenvalue weighted by molar-refractivity contribution is -0.150. The Morgan fingerprint density at radius 1 is 1.14 bits per heavy atom. The van der Waals surface area contributed by atoms with Crippen LogP contribution in [-0.4, -0.2) is 41.3 Å². The zero-order valence-electron chi connectivity index (χ0n) is 19.8. The number of terminal acetylenes is 1. The number of aliphatic carboxylic acids is 1. The number of carboxylic acid groups (broad SMARTS) is 1. The van der Waals surface area contributed by atoms with Gasteiger partial charge in [-0.3, -0.25) is 4.79 Å². The van der Waals surface area contributed by atoms with E-state index in [0.717, 1.165) is 28.7 Å².